The molecule has 126 valence electrons. The van der Waals surface area contributed by atoms with E-state index in [4.69, 9.17) is 0 Å². The van der Waals surface area contributed by atoms with Crippen molar-refractivity contribution in [1.82, 2.24) is 9.97 Å². The summed E-state index contributed by atoms with van der Waals surface area (Å²) in [5.41, 5.74) is -0.411. The molecule has 2 heterocycles. The zero-order chi connectivity index (χ0) is 17.3. The zero-order valence-corrected chi connectivity index (χ0v) is 12.9. The maximum Gasteiger partial charge on any atom is 0.274 e. The van der Waals surface area contributed by atoms with E-state index < -0.39 is 29.0 Å². The highest BCUT2D eigenvalue weighted by atomic mass is 19.2. The van der Waals surface area contributed by atoms with Crippen molar-refractivity contribution in [2.75, 3.05) is 23.3 Å². The number of halogens is 3. The van der Waals surface area contributed by atoms with E-state index in [0.717, 1.165) is 38.1 Å². The van der Waals surface area contributed by atoms with Crippen molar-refractivity contribution in [1.29, 1.82) is 0 Å². The molecule has 1 amide bonds. The fourth-order valence-electron chi connectivity index (χ4n) is 2.59. The van der Waals surface area contributed by atoms with Crippen LogP contribution in [0.15, 0.2) is 18.2 Å². The van der Waals surface area contributed by atoms with Gasteiger partial charge in [0, 0.05) is 19.2 Å². The molecule has 1 N–H and O–H groups in total. The van der Waals surface area contributed by atoms with Gasteiger partial charge in [-0.15, -0.1) is 0 Å². The van der Waals surface area contributed by atoms with Crippen LogP contribution in [0.1, 0.15) is 29.2 Å². The van der Waals surface area contributed by atoms with Gasteiger partial charge in [0.1, 0.15) is 17.3 Å². The first-order valence-corrected chi connectivity index (χ1v) is 7.51. The normalized spacial score (nSPS) is 14.1. The Morgan fingerprint density at radius 1 is 1.12 bits per heavy atom. The Kier molecular flexibility index (Phi) is 4.37. The number of hydrogen-bond donors (Lipinski definition) is 1. The summed E-state index contributed by atoms with van der Waals surface area (Å²) in [5, 5.41) is 2.21. The van der Waals surface area contributed by atoms with E-state index in [1.54, 1.807) is 6.92 Å². The molecule has 0 bridgehead atoms. The van der Waals surface area contributed by atoms with Crippen LogP contribution >= 0.6 is 0 Å². The van der Waals surface area contributed by atoms with Crippen molar-refractivity contribution in [3.05, 3.63) is 47.2 Å². The highest BCUT2D eigenvalue weighted by Crippen LogP contribution is 2.22. The van der Waals surface area contributed by atoms with Gasteiger partial charge in [0.15, 0.2) is 17.5 Å². The second-order valence-electron chi connectivity index (χ2n) is 5.53. The summed E-state index contributed by atoms with van der Waals surface area (Å²) in [5.74, 6) is -4.10. The Hall–Kier alpha value is -2.64. The predicted octanol–water partition coefficient (Wildman–Crippen LogP) is 3.05. The average molecular weight is 336 g/mol. The number of benzene rings is 1. The van der Waals surface area contributed by atoms with E-state index in [-0.39, 0.29) is 5.69 Å². The summed E-state index contributed by atoms with van der Waals surface area (Å²) in [6.45, 7) is 3.33. The van der Waals surface area contributed by atoms with Crippen LogP contribution in [-0.4, -0.2) is 29.0 Å². The van der Waals surface area contributed by atoms with Gasteiger partial charge in [0.25, 0.3) is 5.91 Å². The third-order valence-electron chi connectivity index (χ3n) is 3.77. The predicted molar refractivity (Wildman–Crippen MR) is 82.5 cm³/mol. The number of nitrogens with one attached hydrogen (secondary N) is 1. The summed E-state index contributed by atoms with van der Waals surface area (Å²) in [7, 11) is 0. The molecule has 1 fully saturated rings. The number of nitrogens with zero attached hydrogens (tertiary/aromatic N) is 3. The number of aryl methyl sites for hydroxylation is 1. The van der Waals surface area contributed by atoms with Crippen molar-refractivity contribution in [3.8, 4) is 0 Å². The minimum atomic E-state index is -1.63. The van der Waals surface area contributed by atoms with Gasteiger partial charge in [-0.05, 0) is 31.9 Å². The molecule has 24 heavy (non-hydrogen) atoms. The van der Waals surface area contributed by atoms with Crippen LogP contribution in [0, 0.1) is 24.4 Å². The third kappa shape index (κ3) is 3.17. The second-order valence-corrected chi connectivity index (χ2v) is 5.53. The summed E-state index contributed by atoms with van der Waals surface area (Å²) in [6, 6.07) is 3.21. The zero-order valence-electron chi connectivity index (χ0n) is 12.9. The molecule has 0 saturated carbocycles. The second kappa shape index (κ2) is 6.46. The molecule has 0 unspecified atom stereocenters. The Labute approximate surface area is 136 Å². The highest BCUT2D eigenvalue weighted by molar-refractivity contribution is 6.03. The quantitative estimate of drug-likeness (QED) is 0.875. The lowest BCUT2D eigenvalue weighted by atomic mass is 10.2. The number of aromatic nitrogens is 2. The number of anilines is 2. The standard InChI is InChI=1S/C16H15F3N4O/c1-9-20-12(8-13(21-9)23-6-2-3-7-23)16(24)22-11-5-4-10(17)14(18)15(11)19/h4-5,8H,2-3,6-7H2,1H3,(H,22,24). The molecule has 0 atom stereocenters. The lowest BCUT2D eigenvalue weighted by molar-refractivity contribution is 0.102. The monoisotopic (exact) mass is 336 g/mol. The molecule has 1 saturated heterocycles. The van der Waals surface area contributed by atoms with Crippen LogP contribution in [0.3, 0.4) is 0 Å². The molecule has 0 aliphatic carbocycles. The number of hydrogen-bond acceptors (Lipinski definition) is 4. The van der Waals surface area contributed by atoms with Gasteiger partial charge >= 0.3 is 0 Å². The van der Waals surface area contributed by atoms with Crippen molar-refractivity contribution in [3.63, 3.8) is 0 Å². The van der Waals surface area contributed by atoms with Gasteiger partial charge in [-0.2, -0.15) is 0 Å². The minimum Gasteiger partial charge on any atom is -0.356 e. The van der Waals surface area contributed by atoms with E-state index in [9.17, 15) is 18.0 Å². The largest absolute Gasteiger partial charge is 0.356 e. The number of amides is 1. The first kappa shape index (κ1) is 16.2. The molecular weight excluding hydrogens is 321 g/mol. The Bertz CT molecular complexity index is 791. The molecular formula is C16H15F3N4O. The number of rotatable bonds is 3. The molecule has 5 nitrogen and oxygen atoms in total. The van der Waals surface area contributed by atoms with Gasteiger partial charge in [0.2, 0.25) is 0 Å². The number of carbonyl (C=O) groups excluding carboxylic acids is 1. The summed E-state index contributed by atoms with van der Waals surface area (Å²) in [4.78, 5) is 22.6. The molecule has 1 aliphatic heterocycles. The van der Waals surface area contributed by atoms with Gasteiger partial charge in [0.05, 0.1) is 5.69 Å². The van der Waals surface area contributed by atoms with Gasteiger partial charge in [-0.25, -0.2) is 23.1 Å². The third-order valence-corrected chi connectivity index (χ3v) is 3.77. The summed E-state index contributed by atoms with van der Waals surface area (Å²) < 4.78 is 39.9. The molecule has 2 aromatic rings. The lowest BCUT2D eigenvalue weighted by Gasteiger charge is -2.17. The molecule has 1 aromatic carbocycles. The van der Waals surface area contributed by atoms with Crippen LogP contribution in [0.4, 0.5) is 24.7 Å². The maximum absolute atomic E-state index is 13.7. The molecule has 0 spiro atoms. The van der Waals surface area contributed by atoms with Gasteiger partial charge in [-0.1, -0.05) is 0 Å². The van der Waals surface area contributed by atoms with E-state index in [2.05, 4.69) is 15.3 Å². The van der Waals surface area contributed by atoms with Gasteiger partial charge < -0.3 is 10.2 Å². The lowest BCUT2D eigenvalue weighted by Crippen LogP contribution is -2.22. The summed E-state index contributed by atoms with van der Waals surface area (Å²) >= 11 is 0. The smallest absolute Gasteiger partial charge is 0.274 e. The average Bonchev–Trinajstić information content (AvgIpc) is 3.09. The molecule has 3 rings (SSSR count). The maximum atomic E-state index is 13.7. The summed E-state index contributed by atoms with van der Waals surface area (Å²) in [6.07, 6.45) is 2.09. The van der Waals surface area contributed by atoms with Crippen LogP contribution < -0.4 is 10.2 Å². The highest BCUT2D eigenvalue weighted by Gasteiger charge is 2.20. The van der Waals surface area contributed by atoms with E-state index in [1.165, 1.54) is 6.07 Å². The van der Waals surface area contributed by atoms with Crippen LogP contribution in [-0.2, 0) is 0 Å². The van der Waals surface area contributed by atoms with E-state index in [0.29, 0.717) is 11.6 Å². The molecule has 1 aliphatic rings. The molecule has 0 radical (unpaired) electrons. The van der Waals surface area contributed by atoms with Crippen molar-refractivity contribution >= 4 is 17.4 Å². The van der Waals surface area contributed by atoms with E-state index in [1.807, 2.05) is 4.90 Å². The minimum absolute atomic E-state index is 0.0357. The van der Waals surface area contributed by atoms with Gasteiger partial charge in [-0.3, -0.25) is 4.79 Å². The fourth-order valence-corrected chi connectivity index (χ4v) is 2.59. The first-order chi connectivity index (χ1) is 11.5. The van der Waals surface area contributed by atoms with Crippen LogP contribution in [0.25, 0.3) is 0 Å². The molecule has 8 heteroatoms. The molecule has 1 aromatic heterocycles. The van der Waals surface area contributed by atoms with Crippen LogP contribution in [0.5, 0.6) is 0 Å². The Morgan fingerprint density at radius 3 is 2.54 bits per heavy atom. The van der Waals surface area contributed by atoms with E-state index >= 15 is 0 Å². The van der Waals surface area contributed by atoms with Crippen molar-refractivity contribution in [2.24, 2.45) is 0 Å². The van der Waals surface area contributed by atoms with Crippen LogP contribution in [0.2, 0.25) is 0 Å². The number of carbonyl (C=O) groups is 1. The Morgan fingerprint density at radius 2 is 1.83 bits per heavy atom. The van der Waals surface area contributed by atoms with Crippen molar-refractivity contribution < 1.29 is 18.0 Å². The topological polar surface area (TPSA) is 58.1 Å². The Balaban J connectivity index is 1.86. The first-order valence-electron chi connectivity index (χ1n) is 7.51. The fraction of sp³-hybridized carbons (Fsp3) is 0.312. The SMILES string of the molecule is Cc1nc(C(=O)Nc2ccc(F)c(F)c2F)cc(N2CCCC2)n1. The van der Waals surface area contributed by atoms with Crippen molar-refractivity contribution in [2.45, 2.75) is 19.8 Å².